The first kappa shape index (κ1) is 11.1. The predicted molar refractivity (Wildman–Crippen MR) is 76.6 cm³/mol. The molecule has 3 aromatic rings. The molecule has 0 aliphatic rings. The van der Waals surface area contributed by atoms with E-state index < -0.39 is 0 Å². The van der Waals surface area contributed by atoms with E-state index in [-0.39, 0.29) is 8.46 Å². The van der Waals surface area contributed by atoms with E-state index in [0.717, 1.165) is 27.2 Å². The maximum absolute atomic E-state index is 11.5. The smallest absolute Gasteiger partial charge is 0.193 e. The van der Waals surface area contributed by atoms with E-state index in [9.17, 15) is 4.57 Å². The molecule has 18 heavy (non-hydrogen) atoms. The van der Waals surface area contributed by atoms with Gasteiger partial charge in [0.15, 0.2) is 8.46 Å². The largest absolute Gasteiger partial charge is 0.269 e. The van der Waals surface area contributed by atoms with Crippen molar-refractivity contribution in [1.29, 1.82) is 0 Å². The number of hydrogen-bond donors (Lipinski definition) is 0. The molecule has 3 aromatic carbocycles. The van der Waals surface area contributed by atoms with E-state index >= 15 is 0 Å². The lowest BCUT2D eigenvalue weighted by Crippen LogP contribution is -1.99. The molecule has 0 saturated heterocycles. The molecule has 0 bridgehead atoms. The molecule has 2 heteroatoms. The molecule has 0 aliphatic carbocycles. The molecule has 0 fully saturated rings. The van der Waals surface area contributed by atoms with Gasteiger partial charge in [-0.3, -0.25) is 4.57 Å². The van der Waals surface area contributed by atoms with Crippen LogP contribution in [0.1, 0.15) is 0 Å². The molecular formula is C16H11OP. The summed E-state index contributed by atoms with van der Waals surface area (Å²) in [7, 11) is 0.0640. The average Bonchev–Trinajstić information content (AvgIpc) is 2.47. The number of benzene rings is 3. The third-order valence-electron chi connectivity index (χ3n) is 3.08. The summed E-state index contributed by atoms with van der Waals surface area (Å²) < 4.78 is 11.5. The Kier molecular flexibility index (Phi) is 2.92. The Morgan fingerprint density at radius 1 is 0.722 bits per heavy atom. The fourth-order valence-electron chi connectivity index (χ4n) is 2.20. The van der Waals surface area contributed by atoms with E-state index in [1.54, 1.807) is 0 Å². The molecule has 0 radical (unpaired) electrons. The maximum atomic E-state index is 11.5. The van der Waals surface area contributed by atoms with Crippen LogP contribution in [0, 0.1) is 0 Å². The quantitative estimate of drug-likeness (QED) is 0.615. The van der Waals surface area contributed by atoms with Crippen molar-refractivity contribution in [2.45, 2.75) is 0 Å². The summed E-state index contributed by atoms with van der Waals surface area (Å²) >= 11 is 0. The first-order valence-corrected chi connectivity index (χ1v) is 6.62. The first-order chi connectivity index (χ1) is 8.90. The van der Waals surface area contributed by atoms with E-state index in [4.69, 9.17) is 0 Å². The summed E-state index contributed by atoms with van der Waals surface area (Å²) in [6, 6.07) is 22.2. The zero-order valence-corrected chi connectivity index (χ0v) is 10.6. The molecule has 0 aliphatic heterocycles. The van der Waals surface area contributed by atoms with Gasteiger partial charge >= 0.3 is 0 Å². The van der Waals surface area contributed by atoms with Gasteiger partial charge in [-0.2, -0.15) is 0 Å². The standard InChI is InChI=1S/C16H11OP/c17-18-16-14-9-5-4-8-13(14)10-11-15(16)12-6-2-1-3-7-12/h1-11H. The molecule has 0 amide bonds. The fraction of sp³-hybridized carbons (Fsp3) is 0. The molecule has 0 aromatic heterocycles. The highest BCUT2D eigenvalue weighted by atomic mass is 31.1. The highest BCUT2D eigenvalue weighted by Gasteiger charge is 2.08. The summed E-state index contributed by atoms with van der Waals surface area (Å²) in [6.45, 7) is 0. The Bertz CT molecular complexity index is 705. The molecule has 0 spiro atoms. The van der Waals surface area contributed by atoms with E-state index in [1.165, 1.54) is 0 Å². The van der Waals surface area contributed by atoms with Crippen LogP contribution in [0.2, 0.25) is 0 Å². The van der Waals surface area contributed by atoms with Crippen LogP contribution in [0.3, 0.4) is 0 Å². The van der Waals surface area contributed by atoms with Gasteiger partial charge in [0.25, 0.3) is 0 Å². The van der Waals surface area contributed by atoms with Crippen molar-refractivity contribution < 1.29 is 4.57 Å². The minimum atomic E-state index is 0.0640. The number of rotatable bonds is 2. The highest BCUT2D eigenvalue weighted by molar-refractivity contribution is 7.35. The molecule has 86 valence electrons. The second-order valence-electron chi connectivity index (χ2n) is 4.14. The van der Waals surface area contributed by atoms with Crippen LogP contribution in [-0.2, 0) is 4.57 Å². The highest BCUT2D eigenvalue weighted by Crippen LogP contribution is 2.25. The van der Waals surface area contributed by atoms with Crippen LogP contribution in [0.25, 0.3) is 21.9 Å². The minimum Gasteiger partial charge on any atom is -0.269 e. The van der Waals surface area contributed by atoms with Crippen LogP contribution < -0.4 is 5.30 Å². The topological polar surface area (TPSA) is 17.1 Å². The minimum absolute atomic E-state index is 0.0640. The van der Waals surface area contributed by atoms with Crippen molar-refractivity contribution in [3.05, 3.63) is 66.7 Å². The monoisotopic (exact) mass is 250 g/mol. The van der Waals surface area contributed by atoms with Crippen molar-refractivity contribution in [1.82, 2.24) is 0 Å². The van der Waals surface area contributed by atoms with E-state index in [1.807, 2.05) is 60.7 Å². The second-order valence-corrected chi connectivity index (χ2v) is 4.77. The summed E-state index contributed by atoms with van der Waals surface area (Å²) in [6.07, 6.45) is 0. The average molecular weight is 250 g/mol. The van der Waals surface area contributed by atoms with E-state index in [0.29, 0.717) is 0 Å². The zero-order valence-electron chi connectivity index (χ0n) is 9.71. The Morgan fingerprint density at radius 3 is 2.22 bits per heavy atom. The lowest BCUT2D eigenvalue weighted by atomic mass is 10.0. The summed E-state index contributed by atoms with van der Waals surface area (Å²) in [5.74, 6) is 0. The third-order valence-corrected chi connectivity index (χ3v) is 3.74. The molecule has 0 unspecified atom stereocenters. The Morgan fingerprint density at radius 2 is 1.44 bits per heavy atom. The van der Waals surface area contributed by atoms with Crippen LogP contribution in [0.4, 0.5) is 0 Å². The van der Waals surface area contributed by atoms with Gasteiger partial charge in [-0.05, 0) is 21.9 Å². The van der Waals surface area contributed by atoms with Crippen LogP contribution in [0.15, 0.2) is 66.7 Å². The van der Waals surface area contributed by atoms with Gasteiger partial charge in [0.1, 0.15) is 0 Å². The molecule has 0 saturated carbocycles. The van der Waals surface area contributed by atoms with Crippen molar-refractivity contribution in [2.24, 2.45) is 0 Å². The zero-order chi connectivity index (χ0) is 12.4. The van der Waals surface area contributed by atoms with Gasteiger partial charge in [-0.1, -0.05) is 66.7 Å². The normalized spacial score (nSPS) is 10.9. The summed E-state index contributed by atoms with van der Waals surface area (Å²) in [4.78, 5) is 0. The molecule has 0 N–H and O–H groups in total. The molecule has 0 atom stereocenters. The Balaban J connectivity index is 2.34. The van der Waals surface area contributed by atoms with Crippen molar-refractivity contribution in [3.8, 4) is 11.1 Å². The van der Waals surface area contributed by atoms with Gasteiger partial charge in [-0.15, -0.1) is 0 Å². The molecular weight excluding hydrogens is 239 g/mol. The fourth-order valence-corrected chi connectivity index (χ4v) is 2.81. The summed E-state index contributed by atoms with van der Waals surface area (Å²) in [5, 5.41) is 3.03. The SMILES string of the molecule is O=Pc1c(-c2ccccc2)ccc2ccccc12. The Labute approximate surface area is 107 Å². The maximum Gasteiger partial charge on any atom is 0.193 e. The second kappa shape index (κ2) is 4.72. The first-order valence-electron chi connectivity index (χ1n) is 5.80. The number of hydrogen-bond acceptors (Lipinski definition) is 1. The van der Waals surface area contributed by atoms with Gasteiger partial charge in [-0.25, -0.2) is 0 Å². The van der Waals surface area contributed by atoms with Gasteiger partial charge in [0.05, 0.1) is 5.30 Å². The van der Waals surface area contributed by atoms with E-state index in [2.05, 4.69) is 6.07 Å². The summed E-state index contributed by atoms with van der Waals surface area (Å²) in [5.41, 5.74) is 2.13. The predicted octanol–water partition coefficient (Wildman–Crippen LogP) is 4.42. The lowest BCUT2D eigenvalue weighted by Gasteiger charge is -2.07. The molecule has 1 nitrogen and oxygen atoms in total. The molecule has 3 rings (SSSR count). The van der Waals surface area contributed by atoms with Crippen molar-refractivity contribution in [3.63, 3.8) is 0 Å². The van der Waals surface area contributed by atoms with Crippen LogP contribution in [-0.4, -0.2) is 0 Å². The van der Waals surface area contributed by atoms with Crippen molar-refractivity contribution >= 4 is 24.5 Å². The van der Waals surface area contributed by atoms with Crippen LogP contribution in [0.5, 0.6) is 0 Å². The van der Waals surface area contributed by atoms with Gasteiger partial charge in [0.2, 0.25) is 0 Å². The number of fused-ring (bicyclic) bond motifs is 1. The van der Waals surface area contributed by atoms with Gasteiger partial charge < -0.3 is 0 Å². The van der Waals surface area contributed by atoms with Crippen molar-refractivity contribution in [2.75, 3.05) is 0 Å². The molecule has 0 heterocycles. The van der Waals surface area contributed by atoms with Gasteiger partial charge in [0, 0.05) is 0 Å². The van der Waals surface area contributed by atoms with Crippen LogP contribution >= 0.6 is 8.46 Å². The Hall–Kier alpha value is -1.98. The third kappa shape index (κ3) is 1.83. The lowest BCUT2D eigenvalue weighted by molar-refractivity contribution is 0.603.